The van der Waals surface area contributed by atoms with Crippen LogP contribution < -0.4 is 10.6 Å². The van der Waals surface area contributed by atoms with Crippen LogP contribution >= 0.6 is 0 Å². The first kappa shape index (κ1) is 12.9. The van der Waals surface area contributed by atoms with Gasteiger partial charge in [-0.05, 0) is 24.3 Å². The number of aromatic carboxylic acids is 1. The van der Waals surface area contributed by atoms with Gasteiger partial charge in [0.1, 0.15) is 0 Å². The summed E-state index contributed by atoms with van der Waals surface area (Å²) >= 11 is 0. The van der Waals surface area contributed by atoms with Crippen LogP contribution in [0, 0.1) is 0 Å². The second-order valence-electron chi connectivity index (χ2n) is 4.47. The van der Waals surface area contributed by atoms with E-state index in [2.05, 4.69) is 9.80 Å². The van der Waals surface area contributed by atoms with E-state index in [0.717, 1.165) is 38.4 Å². The number of anilines is 1. The number of carboxylic acid groups (broad SMARTS) is 1. The Morgan fingerprint density at radius 1 is 1.17 bits per heavy atom. The molecule has 0 spiro atoms. The highest BCUT2D eigenvalue weighted by molar-refractivity contribution is 5.88. The molecule has 5 heteroatoms. The van der Waals surface area contributed by atoms with E-state index in [0.29, 0.717) is 12.1 Å². The fourth-order valence-electron chi connectivity index (χ4n) is 2.23. The number of nitrogens with two attached hydrogens (primary N) is 1. The third kappa shape index (κ3) is 3.00. The molecule has 1 aromatic rings. The van der Waals surface area contributed by atoms with Gasteiger partial charge in [-0.3, -0.25) is 4.90 Å². The Hall–Kier alpha value is -1.59. The van der Waals surface area contributed by atoms with Crippen molar-refractivity contribution in [3.8, 4) is 0 Å². The van der Waals surface area contributed by atoms with Crippen LogP contribution in [-0.2, 0) is 0 Å². The summed E-state index contributed by atoms with van der Waals surface area (Å²) in [5.74, 6) is -0.880. The molecule has 5 nitrogen and oxygen atoms in total. The Kier molecular flexibility index (Phi) is 4.17. The quantitative estimate of drug-likeness (QED) is 0.811. The van der Waals surface area contributed by atoms with Crippen LogP contribution in [0.15, 0.2) is 24.3 Å². The lowest BCUT2D eigenvalue weighted by molar-refractivity contribution is 0.0697. The van der Waals surface area contributed by atoms with Gasteiger partial charge in [-0.1, -0.05) is 0 Å². The van der Waals surface area contributed by atoms with E-state index in [4.69, 9.17) is 10.8 Å². The van der Waals surface area contributed by atoms with Gasteiger partial charge in [-0.15, -0.1) is 0 Å². The van der Waals surface area contributed by atoms with Gasteiger partial charge in [-0.2, -0.15) is 0 Å². The van der Waals surface area contributed by atoms with Gasteiger partial charge in [0.2, 0.25) is 0 Å². The van der Waals surface area contributed by atoms with Crippen molar-refractivity contribution in [2.24, 2.45) is 5.73 Å². The van der Waals surface area contributed by atoms with Crippen molar-refractivity contribution >= 4 is 11.7 Å². The molecule has 3 N–H and O–H groups in total. The second-order valence-corrected chi connectivity index (χ2v) is 4.47. The lowest BCUT2D eigenvalue weighted by Gasteiger charge is -2.35. The van der Waals surface area contributed by atoms with E-state index >= 15 is 0 Å². The van der Waals surface area contributed by atoms with Crippen molar-refractivity contribution in [3.05, 3.63) is 29.8 Å². The summed E-state index contributed by atoms with van der Waals surface area (Å²) in [6.45, 7) is 5.60. The number of rotatable bonds is 4. The second kappa shape index (κ2) is 5.84. The molecule has 1 saturated heterocycles. The SMILES string of the molecule is NCCN1CCN(c2ccc(C(=O)O)cc2)CC1. The van der Waals surface area contributed by atoms with E-state index in [1.807, 2.05) is 12.1 Å². The number of carbonyl (C=O) groups is 1. The summed E-state index contributed by atoms with van der Waals surface area (Å²) in [5, 5.41) is 8.85. The monoisotopic (exact) mass is 249 g/mol. The van der Waals surface area contributed by atoms with Gasteiger partial charge in [0.15, 0.2) is 0 Å². The number of hydrogen-bond donors (Lipinski definition) is 2. The molecule has 1 aliphatic rings. The molecule has 1 aliphatic heterocycles. The molecule has 0 aromatic heterocycles. The Labute approximate surface area is 107 Å². The van der Waals surface area contributed by atoms with Crippen LogP contribution in [0.25, 0.3) is 0 Å². The highest BCUT2D eigenvalue weighted by Gasteiger charge is 2.16. The minimum atomic E-state index is -0.880. The largest absolute Gasteiger partial charge is 0.478 e. The lowest BCUT2D eigenvalue weighted by Crippen LogP contribution is -2.47. The maximum atomic E-state index is 10.8. The summed E-state index contributed by atoms with van der Waals surface area (Å²) in [6, 6.07) is 7.07. The van der Waals surface area contributed by atoms with Crippen LogP contribution in [0.2, 0.25) is 0 Å². The maximum absolute atomic E-state index is 10.8. The van der Waals surface area contributed by atoms with Gasteiger partial charge in [0, 0.05) is 45.0 Å². The molecule has 1 fully saturated rings. The standard InChI is InChI=1S/C13H19N3O2/c14-5-6-15-7-9-16(10-8-15)12-3-1-11(2-4-12)13(17)18/h1-4H,5-10,14H2,(H,17,18). The molecule has 1 aromatic carbocycles. The topological polar surface area (TPSA) is 69.8 Å². The van der Waals surface area contributed by atoms with Crippen molar-refractivity contribution in [2.75, 3.05) is 44.2 Å². The third-order valence-electron chi connectivity index (χ3n) is 3.30. The minimum absolute atomic E-state index is 0.334. The first-order chi connectivity index (χ1) is 8.70. The van der Waals surface area contributed by atoms with E-state index in [9.17, 15) is 4.79 Å². The van der Waals surface area contributed by atoms with Gasteiger partial charge in [-0.25, -0.2) is 4.79 Å². The van der Waals surface area contributed by atoms with Crippen molar-refractivity contribution in [2.45, 2.75) is 0 Å². The third-order valence-corrected chi connectivity index (χ3v) is 3.30. The lowest BCUT2D eigenvalue weighted by atomic mass is 10.2. The Bertz CT molecular complexity index is 397. The van der Waals surface area contributed by atoms with Crippen molar-refractivity contribution in [1.82, 2.24) is 4.90 Å². The molecule has 0 bridgehead atoms. The number of benzene rings is 1. The highest BCUT2D eigenvalue weighted by Crippen LogP contribution is 2.17. The van der Waals surface area contributed by atoms with Crippen molar-refractivity contribution in [3.63, 3.8) is 0 Å². The number of hydrogen-bond acceptors (Lipinski definition) is 4. The minimum Gasteiger partial charge on any atom is -0.478 e. The average molecular weight is 249 g/mol. The summed E-state index contributed by atoms with van der Waals surface area (Å²) in [4.78, 5) is 15.4. The van der Waals surface area contributed by atoms with Crippen LogP contribution in [0.1, 0.15) is 10.4 Å². The molecule has 0 radical (unpaired) electrons. The van der Waals surface area contributed by atoms with Crippen molar-refractivity contribution in [1.29, 1.82) is 0 Å². The molecule has 0 amide bonds. The summed E-state index contributed by atoms with van der Waals surface area (Å²) < 4.78 is 0. The summed E-state index contributed by atoms with van der Waals surface area (Å²) in [6.07, 6.45) is 0. The Morgan fingerprint density at radius 2 is 1.78 bits per heavy atom. The molecular formula is C13H19N3O2. The molecule has 0 saturated carbocycles. The van der Waals surface area contributed by atoms with E-state index in [-0.39, 0.29) is 0 Å². The summed E-state index contributed by atoms with van der Waals surface area (Å²) in [7, 11) is 0. The summed E-state index contributed by atoms with van der Waals surface area (Å²) in [5.41, 5.74) is 6.96. The Morgan fingerprint density at radius 3 is 2.28 bits per heavy atom. The van der Waals surface area contributed by atoms with Crippen LogP contribution in [-0.4, -0.2) is 55.2 Å². The van der Waals surface area contributed by atoms with Crippen LogP contribution in [0.3, 0.4) is 0 Å². The zero-order valence-electron chi connectivity index (χ0n) is 10.4. The fraction of sp³-hybridized carbons (Fsp3) is 0.462. The first-order valence-corrected chi connectivity index (χ1v) is 6.21. The zero-order chi connectivity index (χ0) is 13.0. The van der Waals surface area contributed by atoms with Gasteiger partial charge < -0.3 is 15.7 Å². The smallest absolute Gasteiger partial charge is 0.335 e. The van der Waals surface area contributed by atoms with Gasteiger partial charge in [0.05, 0.1) is 5.56 Å². The molecule has 18 heavy (non-hydrogen) atoms. The van der Waals surface area contributed by atoms with Crippen LogP contribution in [0.4, 0.5) is 5.69 Å². The number of nitrogens with zero attached hydrogens (tertiary/aromatic N) is 2. The number of carboxylic acids is 1. The predicted octanol–water partition coefficient (Wildman–Crippen LogP) is 0.465. The molecule has 0 aliphatic carbocycles. The van der Waals surface area contributed by atoms with E-state index in [1.165, 1.54) is 0 Å². The molecule has 98 valence electrons. The normalized spacial score (nSPS) is 16.8. The predicted molar refractivity (Wildman–Crippen MR) is 71.1 cm³/mol. The van der Waals surface area contributed by atoms with Gasteiger partial charge in [0.25, 0.3) is 0 Å². The first-order valence-electron chi connectivity index (χ1n) is 6.21. The average Bonchev–Trinajstić information content (AvgIpc) is 2.40. The number of piperazine rings is 1. The molecular weight excluding hydrogens is 230 g/mol. The Balaban J connectivity index is 1.95. The van der Waals surface area contributed by atoms with Crippen molar-refractivity contribution < 1.29 is 9.90 Å². The van der Waals surface area contributed by atoms with E-state index in [1.54, 1.807) is 12.1 Å². The maximum Gasteiger partial charge on any atom is 0.335 e. The van der Waals surface area contributed by atoms with Gasteiger partial charge >= 0.3 is 5.97 Å². The molecule has 2 rings (SSSR count). The fourth-order valence-corrected chi connectivity index (χ4v) is 2.23. The van der Waals surface area contributed by atoms with Crippen LogP contribution in [0.5, 0.6) is 0 Å². The molecule has 0 unspecified atom stereocenters. The highest BCUT2D eigenvalue weighted by atomic mass is 16.4. The zero-order valence-corrected chi connectivity index (χ0v) is 10.4. The van der Waals surface area contributed by atoms with E-state index < -0.39 is 5.97 Å². The molecule has 0 atom stereocenters. The molecule has 1 heterocycles.